The molecule has 1 atom stereocenters. The van der Waals surface area contributed by atoms with E-state index < -0.39 is 0 Å². The van der Waals surface area contributed by atoms with Crippen molar-refractivity contribution in [2.45, 2.75) is 38.6 Å². The predicted molar refractivity (Wildman–Crippen MR) is 117 cm³/mol. The zero-order valence-electron chi connectivity index (χ0n) is 17.6. The van der Waals surface area contributed by atoms with E-state index in [0.29, 0.717) is 17.8 Å². The Morgan fingerprint density at radius 1 is 1.13 bits per heavy atom. The number of para-hydroxylation sites is 3. The van der Waals surface area contributed by atoms with Crippen molar-refractivity contribution in [2.24, 2.45) is 0 Å². The van der Waals surface area contributed by atoms with Crippen molar-refractivity contribution in [3.63, 3.8) is 0 Å². The molecule has 1 aliphatic rings. The van der Waals surface area contributed by atoms with Crippen LogP contribution in [0.2, 0.25) is 0 Å². The first-order chi connectivity index (χ1) is 15.3. The third-order valence-electron chi connectivity index (χ3n) is 5.94. The number of piperidine rings is 1. The van der Waals surface area contributed by atoms with Crippen molar-refractivity contribution in [2.75, 3.05) is 13.1 Å². The zero-order chi connectivity index (χ0) is 21.2. The summed E-state index contributed by atoms with van der Waals surface area (Å²) in [6.45, 7) is 4.52. The first-order valence-electron chi connectivity index (χ1n) is 10.8. The standard InChI is InChI=1S/C23H25N7O/c1-2-13-29-21-12-6-4-10-19(21)25-22(29)17-8-7-14-28(15-17)23(31)18-9-3-5-11-20(18)30-16-24-26-27-30/h3-6,9-12,16-17H,2,7-8,13-15H2,1H3. The number of amides is 1. The molecule has 0 spiro atoms. The number of carbonyl (C=O) groups is 1. The molecule has 158 valence electrons. The van der Waals surface area contributed by atoms with Gasteiger partial charge >= 0.3 is 0 Å². The van der Waals surface area contributed by atoms with Gasteiger partial charge in [-0.15, -0.1) is 5.10 Å². The van der Waals surface area contributed by atoms with Gasteiger partial charge in [0, 0.05) is 25.6 Å². The van der Waals surface area contributed by atoms with Crippen molar-refractivity contribution >= 4 is 16.9 Å². The van der Waals surface area contributed by atoms with E-state index in [4.69, 9.17) is 4.98 Å². The topological polar surface area (TPSA) is 81.7 Å². The summed E-state index contributed by atoms with van der Waals surface area (Å²) in [4.78, 5) is 20.4. The molecule has 4 aromatic rings. The van der Waals surface area contributed by atoms with Crippen LogP contribution in [0.15, 0.2) is 54.9 Å². The van der Waals surface area contributed by atoms with Crippen molar-refractivity contribution < 1.29 is 4.79 Å². The predicted octanol–water partition coefficient (Wildman–Crippen LogP) is 3.44. The Labute approximate surface area is 180 Å². The number of hydrogen-bond donors (Lipinski definition) is 0. The molecule has 1 saturated heterocycles. The Bertz CT molecular complexity index is 1200. The summed E-state index contributed by atoms with van der Waals surface area (Å²) >= 11 is 0. The molecule has 0 aliphatic carbocycles. The molecule has 5 rings (SSSR count). The fourth-order valence-electron chi connectivity index (χ4n) is 4.53. The number of likely N-dealkylation sites (tertiary alicyclic amines) is 1. The summed E-state index contributed by atoms with van der Waals surface area (Å²) in [6, 6.07) is 15.8. The molecule has 8 heteroatoms. The first-order valence-corrected chi connectivity index (χ1v) is 10.8. The second-order valence-electron chi connectivity index (χ2n) is 7.97. The van der Waals surface area contributed by atoms with Gasteiger partial charge < -0.3 is 9.47 Å². The molecule has 2 aromatic carbocycles. The average Bonchev–Trinajstić information content (AvgIpc) is 3.48. The molecule has 0 bridgehead atoms. The highest BCUT2D eigenvalue weighted by atomic mass is 16.2. The molecule has 1 unspecified atom stereocenters. The van der Waals surface area contributed by atoms with E-state index in [0.717, 1.165) is 43.7 Å². The molecular formula is C23H25N7O. The third kappa shape index (κ3) is 3.58. The van der Waals surface area contributed by atoms with Crippen molar-refractivity contribution in [3.8, 4) is 5.69 Å². The molecule has 0 saturated carbocycles. The van der Waals surface area contributed by atoms with Crippen LogP contribution in [0.4, 0.5) is 0 Å². The van der Waals surface area contributed by atoms with Gasteiger partial charge in [0.05, 0.1) is 22.3 Å². The van der Waals surface area contributed by atoms with Gasteiger partial charge in [-0.1, -0.05) is 31.2 Å². The van der Waals surface area contributed by atoms with Crippen LogP contribution in [0.5, 0.6) is 0 Å². The van der Waals surface area contributed by atoms with Crippen molar-refractivity contribution in [1.29, 1.82) is 0 Å². The number of nitrogens with zero attached hydrogens (tertiary/aromatic N) is 7. The highest BCUT2D eigenvalue weighted by Crippen LogP contribution is 2.30. The van der Waals surface area contributed by atoms with E-state index in [1.54, 1.807) is 0 Å². The van der Waals surface area contributed by atoms with Crippen LogP contribution < -0.4 is 0 Å². The van der Waals surface area contributed by atoms with E-state index in [1.165, 1.54) is 16.5 Å². The van der Waals surface area contributed by atoms with E-state index in [-0.39, 0.29) is 11.8 Å². The molecule has 3 heterocycles. The smallest absolute Gasteiger partial charge is 0.256 e. The minimum atomic E-state index is 0.00829. The number of fused-ring (bicyclic) bond motifs is 1. The summed E-state index contributed by atoms with van der Waals surface area (Å²) in [5, 5.41) is 11.4. The Morgan fingerprint density at radius 2 is 1.97 bits per heavy atom. The summed E-state index contributed by atoms with van der Waals surface area (Å²) in [6.07, 6.45) is 4.55. The monoisotopic (exact) mass is 415 g/mol. The quantitative estimate of drug-likeness (QED) is 0.499. The van der Waals surface area contributed by atoms with Crippen LogP contribution in [0.25, 0.3) is 16.7 Å². The van der Waals surface area contributed by atoms with Crippen molar-refractivity contribution in [1.82, 2.24) is 34.7 Å². The second kappa shape index (κ2) is 8.29. The Morgan fingerprint density at radius 3 is 2.81 bits per heavy atom. The molecule has 0 N–H and O–H groups in total. The number of hydrogen-bond acceptors (Lipinski definition) is 5. The Balaban J connectivity index is 1.45. The maximum Gasteiger partial charge on any atom is 0.256 e. The number of rotatable bonds is 5. The summed E-state index contributed by atoms with van der Waals surface area (Å²) in [5.41, 5.74) is 3.50. The largest absolute Gasteiger partial charge is 0.338 e. The fraction of sp³-hybridized carbons (Fsp3) is 0.348. The fourth-order valence-corrected chi connectivity index (χ4v) is 4.53. The van der Waals surface area contributed by atoms with Crippen LogP contribution in [-0.2, 0) is 6.54 Å². The van der Waals surface area contributed by atoms with Crippen LogP contribution in [-0.4, -0.2) is 53.7 Å². The Hall–Kier alpha value is -3.55. The van der Waals surface area contributed by atoms with Gasteiger partial charge in [0.1, 0.15) is 12.2 Å². The lowest BCUT2D eigenvalue weighted by Crippen LogP contribution is -2.40. The molecule has 1 aliphatic heterocycles. The highest BCUT2D eigenvalue weighted by Gasteiger charge is 2.30. The lowest BCUT2D eigenvalue weighted by Gasteiger charge is -2.33. The molecule has 0 radical (unpaired) electrons. The molecule has 31 heavy (non-hydrogen) atoms. The van der Waals surface area contributed by atoms with Crippen LogP contribution in [0, 0.1) is 0 Å². The summed E-state index contributed by atoms with van der Waals surface area (Å²) < 4.78 is 3.87. The van der Waals surface area contributed by atoms with Gasteiger partial charge in [0.25, 0.3) is 5.91 Å². The van der Waals surface area contributed by atoms with Gasteiger partial charge in [-0.2, -0.15) is 4.68 Å². The molecule has 1 fully saturated rings. The lowest BCUT2D eigenvalue weighted by molar-refractivity contribution is 0.0703. The molecule has 2 aromatic heterocycles. The number of aryl methyl sites for hydroxylation is 1. The summed E-state index contributed by atoms with van der Waals surface area (Å²) in [7, 11) is 0. The minimum Gasteiger partial charge on any atom is -0.338 e. The number of imidazole rings is 1. The van der Waals surface area contributed by atoms with E-state index in [9.17, 15) is 4.79 Å². The van der Waals surface area contributed by atoms with E-state index in [2.05, 4.69) is 45.2 Å². The lowest BCUT2D eigenvalue weighted by atomic mass is 9.96. The van der Waals surface area contributed by atoms with Gasteiger partial charge in [0.15, 0.2) is 0 Å². The SMILES string of the molecule is CCCn1c(C2CCCN(C(=O)c3ccccc3-n3cnnn3)C2)nc2ccccc21. The molecule has 8 nitrogen and oxygen atoms in total. The highest BCUT2D eigenvalue weighted by molar-refractivity contribution is 5.97. The van der Waals surface area contributed by atoms with Crippen LogP contribution in [0.3, 0.4) is 0 Å². The van der Waals surface area contributed by atoms with E-state index in [1.807, 2.05) is 35.2 Å². The molecular weight excluding hydrogens is 390 g/mol. The number of carbonyl (C=O) groups excluding carboxylic acids is 1. The summed E-state index contributed by atoms with van der Waals surface area (Å²) in [5.74, 6) is 1.32. The number of benzene rings is 2. The van der Waals surface area contributed by atoms with E-state index >= 15 is 0 Å². The number of aromatic nitrogens is 6. The minimum absolute atomic E-state index is 0.00829. The van der Waals surface area contributed by atoms with Crippen LogP contribution in [0.1, 0.15) is 48.3 Å². The maximum atomic E-state index is 13.5. The maximum absolute atomic E-state index is 13.5. The first kappa shape index (κ1) is 19.4. The zero-order valence-corrected chi connectivity index (χ0v) is 17.6. The van der Waals surface area contributed by atoms with Gasteiger partial charge in [-0.3, -0.25) is 4.79 Å². The van der Waals surface area contributed by atoms with Crippen molar-refractivity contribution in [3.05, 3.63) is 66.2 Å². The third-order valence-corrected chi connectivity index (χ3v) is 5.94. The normalized spacial score (nSPS) is 16.7. The number of tetrazole rings is 1. The van der Waals surface area contributed by atoms with Gasteiger partial charge in [-0.25, -0.2) is 4.98 Å². The molecule has 1 amide bonds. The van der Waals surface area contributed by atoms with Gasteiger partial charge in [-0.05, 0) is 54.0 Å². The van der Waals surface area contributed by atoms with Gasteiger partial charge in [0.2, 0.25) is 0 Å². The van der Waals surface area contributed by atoms with Crippen LogP contribution >= 0.6 is 0 Å². The Kier molecular flexibility index (Phi) is 5.19. The second-order valence-corrected chi connectivity index (χ2v) is 7.97. The average molecular weight is 416 g/mol.